The predicted octanol–water partition coefficient (Wildman–Crippen LogP) is -2.99. The van der Waals surface area contributed by atoms with E-state index in [4.69, 9.17) is 9.47 Å². The Bertz CT molecular complexity index is 292. The van der Waals surface area contributed by atoms with Crippen molar-refractivity contribution in [3.63, 3.8) is 0 Å². The molecule has 0 bridgehead atoms. The van der Waals surface area contributed by atoms with Crippen LogP contribution in [0.15, 0.2) is 0 Å². The molecule has 1 aliphatic heterocycles. The van der Waals surface area contributed by atoms with Crippen LogP contribution >= 0.6 is 0 Å². The van der Waals surface area contributed by atoms with E-state index in [9.17, 15) is 13.0 Å². The first-order valence-electron chi connectivity index (χ1n) is 4.27. The molecule has 1 saturated heterocycles. The van der Waals surface area contributed by atoms with Crippen LogP contribution in [0.5, 0.6) is 0 Å². The smallest absolute Gasteiger partial charge is 0.726 e. The molecule has 1 rings (SSSR count). The molecule has 1 fully saturated rings. The van der Waals surface area contributed by atoms with Crippen molar-refractivity contribution in [3.8, 4) is 0 Å². The number of rotatable bonds is 4. The van der Waals surface area contributed by atoms with Gasteiger partial charge in [0.25, 0.3) is 0 Å². The molecule has 0 aliphatic carbocycles. The summed E-state index contributed by atoms with van der Waals surface area (Å²) >= 11 is 0. The first-order chi connectivity index (χ1) is 6.35. The largest absolute Gasteiger partial charge is 1.00 e. The van der Waals surface area contributed by atoms with Gasteiger partial charge in [0, 0.05) is 0 Å². The van der Waals surface area contributed by atoms with Crippen LogP contribution in [0, 0.1) is 0 Å². The Morgan fingerprint density at radius 1 is 1.60 bits per heavy atom. The van der Waals surface area contributed by atoms with E-state index in [1.807, 2.05) is 6.92 Å². The van der Waals surface area contributed by atoms with Crippen molar-refractivity contribution in [1.82, 2.24) is 0 Å². The normalized spacial score (nSPS) is 31.3. The van der Waals surface area contributed by atoms with Crippen LogP contribution in [-0.4, -0.2) is 38.1 Å². The average molecular weight is 248 g/mol. The zero-order valence-corrected chi connectivity index (χ0v) is 11.9. The molecular formula is C7H13NaO6S. The fourth-order valence-electron chi connectivity index (χ4n) is 1.12. The first-order valence-corrected chi connectivity index (χ1v) is 5.60. The van der Waals surface area contributed by atoms with Gasteiger partial charge in [-0.25, -0.2) is 8.42 Å². The summed E-state index contributed by atoms with van der Waals surface area (Å²) in [7, 11) is -4.64. The molecule has 2 unspecified atom stereocenters. The minimum absolute atomic E-state index is 0. The second kappa shape index (κ2) is 5.92. The molecule has 84 valence electrons. The van der Waals surface area contributed by atoms with Gasteiger partial charge >= 0.3 is 29.6 Å². The van der Waals surface area contributed by atoms with Crippen LogP contribution in [0.2, 0.25) is 0 Å². The molecule has 0 radical (unpaired) electrons. The summed E-state index contributed by atoms with van der Waals surface area (Å²) in [5.41, 5.74) is 0. The number of hydrogen-bond acceptors (Lipinski definition) is 6. The average Bonchev–Trinajstić information content (AvgIpc) is 2.44. The molecule has 0 aromatic heterocycles. The zero-order chi connectivity index (χ0) is 10.8. The van der Waals surface area contributed by atoms with Gasteiger partial charge in [-0.2, -0.15) is 0 Å². The summed E-state index contributed by atoms with van der Waals surface area (Å²) < 4.78 is 45.1. The van der Waals surface area contributed by atoms with Gasteiger partial charge in [0.05, 0.1) is 13.2 Å². The molecule has 0 saturated carbocycles. The summed E-state index contributed by atoms with van der Waals surface area (Å²) in [6, 6.07) is 0. The van der Waals surface area contributed by atoms with Crippen LogP contribution in [-0.2, 0) is 24.1 Å². The predicted molar refractivity (Wildman–Crippen MR) is 45.2 cm³/mol. The van der Waals surface area contributed by atoms with Crippen molar-refractivity contribution < 1.29 is 56.2 Å². The van der Waals surface area contributed by atoms with E-state index in [2.05, 4.69) is 4.18 Å². The van der Waals surface area contributed by atoms with Gasteiger partial charge in [-0.3, -0.25) is 4.18 Å². The van der Waals surface area contributed by atoms with Gasteiger partial charge in [-0.15, -0.1) is 0 Å². The zero-order valence-electron chi connectivity index (χ0n) is 9.06. The Labute approximate surface area is 112 Å². The minimum atomic E-state index is -4.64. The van der Waals surface area contributed by atoms with Crippen molar-refractivity contribution in [2.75, 3.05) is 13.2 Å². The van der Waals surface area contributed by atoms with Crippen molar-refractivity contribution >= 4 is 10.4 Å². The van der Waals surface area contributed by atoms with Gasteiger partial charge in [0.2, 0.25) is 10.4 Å². The van der Waals surface area contributed by atoms with Gasteiger partial charge in [0.15, 0.2) is 5.79 Å². The number of hydrogen-bond donors (Lipinski definition) is 0. The van der Waals surface area contributed by atoms with Gasteiger partial charge in [0.1, 0.15) is 6.10 Å². The van der Waals surface area contributed by atoms with Crippen molar-refractivity contribution in [2.45, 2.75) is 32.2 Å². The van der Waals surface area contributed by atoms with Gasteiger partial charge < -0.3 is 14.0 Å². The molecule has 8 heteroatoms. The summed E-state index contributed by atoms with van der Waals surface area (Å²) in [5, 5.41) is 0. The summed E-state index contributed by atoms with van der Waals surface area (Å²) in [4.78, 5) is 0. The van der Waals surface area contributed by atoms with Crippen LogP contribution in [0.3, 0.4) is 0 Å². The van der Waals surface area contributed by atoms with E-state index >= 15 is 0 Å². The molecule has 0 aromatic rings. The molecule has 15 heavy (non-hydrogen) atoms. The van der Waals surface area contributed by atoms with Crippen molar-refractivity contribution in [3.05, 3.63) is 0 Å². The SMILES string of the molecule is CCC1(C)OCC(COS(=O)(=O)[O-])O1.[Na+]. The van der Waals surface area contributed by atoms with E-state index < -0.39 is 22.3 Å². The maximum Gasteiger partial charge on any atom is 1.00 e. The monoisotopic (exact) mass is 248 g/mol. The second-order valence-electron chi connectivity index (χ2n) is 3.23. The quantitative estimate of drug-likeness (QED) is 0.300. The molecule has 6 nitrogen and oxygen atoms in total. The fraction of sp³-hybridized carbons (Fsp3) is 1.00. The van der Waals surface area contributed by atoms with Gasteiger partial charge in [-0.1, -0.05) is 6.92 Å². The Hall–Kier alpha value is 0.790. The standard InChI is InChI=1S/C7H14O6S.Na/c1-3-7(2)11-4-6(13-7)5-12-14(8,9)10;/h6H,3-5H2,1-2H3,(H,8,9,10);/q;+1/p-1. The molecule has 1 heterocycles. The minimum Gasteiger partial charge on any atom is -0.726 e. The third kappa shape index (κ3) is 5.60. The van der Waals surface area contributed by atoms with E-state index in [1.165, 1.54) is 0 Å². The van der Waals surface area contributed by atoms with E-state index in [0.717, 1.165) is 0 Å². The summed E-state index contributed by atoms with van der Waals surface area (Å²) in [5.74, 6) is -0.694. The summed E-state index contributed by atoms with van der Waals surface area (Å²) in [6.45, 7) is 3.58. The van der Waals surface area contributed by atoms with Crippen LogP contribution in [0.25, 0.3) is 0 Å². The van der Waals surface area contributed by atoms with Crippen molar-refractivity contribution in [2.24, 2.45) is 0 Å². The molecule has 0 aromatic carbocycles. The van der Waals surface area contributed by atoms with E-state index in [1.54, 1.807) is 6.92 Å². The maximum atomic E-state index is 10.1. The first kappa shape index (κ1) is 15.8. The van der Waals surface area contributed by atoms with Crippen molar-refractivity contribution in [1.29, 1.82) is 0 Å². The second-order valence-corrected chi connectivity index (χ2v) is 4.28. The topological polar surface area (TPSA) is 84.9 Å². The third-order valence-corrected chi connectivity index (χ3v) is 2.46. The molecule has 1 aliphatic rings. The Morgan fingerprint density at radius 3 is 2.60 bits per heavy atom. The third-order valence-electron chi connectivity index (χ3n) is 2.03. The Kier molecular flexibility index (Phi) is 6.24. The fourth-order valence-corrected chi connectivity index (χ4v) is 1.44. The molecule has 0 amide bonds. The summed E-state index contributed by atoms with van der Waals surface area (Å²) in [6.07, 6.45) is 0.150. The molecule has 0 spiro atoms. The van der Waals surface area contributed by atoms with E-state index in [0.29, 0.717) is 6.42 Å². The van der Waals surface area contributed by atoms with Crippen LogP contribution < -0.4 is 29.6 Å². The maximum absolute atomic E-state index is 10.1. The molecule has 2 atom stereocenters. The van der Waals surface area contributed by atoms with E-state index in [-0.39, 0.29) is 42.8 Å². The van der Waals surface area contributed by atoms with Crippen LogP contribution in [0.1, 0.15) is 20.3 Å². The Morgan fingerprint density at radius 2 is 2.20 bits per heavy atom. The molecule has 0 N–H and O–H groups in total. The van der Waals surface area contributed by atoms with Crippen LogP contribution in [0.4, 0.5) is 0 Å². The Balaban J connectivity index is 0.00000196. The number of ether oxygens (including phenoxy) is 2. The van der Waals surface area contributed by atoms with Gasteiger partial charge in [-0.05, 0) is 13.3 Å². The molecular weight excluding hydrogens is 235 g/mol.